The van der Waals surface area contributed by atoms with E-state index >= 15 is 0 Å². The summed E-state index contributed by atoms with van der Waals surface area (Å²) in [6, 6.07) is 11.2. The van der Waals surface area contributed by atoms with Gasteiger partial charge in [-0.2, -0.15) is 0 Å². The Hall–Kier alpha value is -1.63. The SMILES string of the molecule is C=C(C)CC1C(=O)C2(C)C(O)CC3CC(C(=C)C)/C(c4ccccc4)=[PH](/C)C4(CCC(C)=C1C4(C)C)CC2C3. The Bertz CT molecular complexity index is 1270. The number of carbonyl (C=O) groups is 1. The van der Waals surface area contributed by atoms with Crippen molar-refractivity contribution in [3.63, 3.8) is 0 Å². The first-order valence-electron chi connectivity index (χ1n) is 15.2. The minimum atomic E-state index is -1.11. The van der Waals surface area contributed by atoms with Gasteiger partial charge in [-0.15, -0.1) is 14.1 Å². The highest BCUT2D eigenvalue weighted by Gasteiger charge is 2.63. The second kappa shape index (κ2) is 10.0. The summed E-state index contributed by atoms with van der Waals surface area (Å²) in [7, 11) is -1.11. The normalized spacial score (nSPS) is 40.7. The van der Waals surface area contributed by atoms with Gasteiger partial charge in [0.25, 0.3) is 0 Å². The molecule has 2 nitrogen and oxygen atoms in total. The van der Waals surface area contributed by atoms with Gasteiger partial charge in [0, 0.05) is 11.8 Å². The third-order valence-electron chi connectivity index (χ3n) is 12.0. The summed E-state index contributed by atoms with van der Waals surface area (Å²) in [5.74, 6) is 1.01. The van der Waals surface area contributed by atoms with Gasteiger partial charge in [0.15, 0.2) is 0 Å². The van der Waals surface area contributed by atoms with E-state index in [4.69, 9.17) is 0 Å². The standard InChI is InChI=1S/C36H51O2P/c1-22(2)17-29-31-24(5)15-16-36(34(31,6)7)21-27-18-25(20-30(37)35(27,8)33(29)38)19-28(23(3)4)32(39(36)9)26-13-11-10-12-14-26/h10-14,25,27-30,37,39H,1,3,15-21H2,2,4-9H3. The first-order valence-corrected chi connectivity index (χ1v) is 17.2. The monoisotopic (exact) mass is 546 g/mol. The molecule has 0 aromatic heterocycles. The summed E-state index contributed by atoms with van der Waals surface area (Å²) in [5, 5.41) is 13.7. The van der Waals surface area contributed by atoms with Crippen LogP contribution in [0.1, 0.15) is 92.1 Å². The van der Waals surface area contributed by atoms with Crippen molar-refractivity contribution in [3.8, 4) is 0 Å². The lowest BCUT2D eigenvalue weighted by molar-refractivity contribution is -0.153. The van der Waals surface area contributed by atoms with Crippen LogP contribution in [-0.2, 0) is 4.79 Å². The molecule has 3 aliphatic carbocycles. The Labute approximate surface area is 238 Å². The molecule has 5 rings (SSSR count). The molecule has 4 aliphatic rings. The summed E-state index contributed by atoms with van der Waals surface area (Å²) < 4.78 is 0. The molecule has 1 N–H and O–H groups in total. The fourth-order valence-electron chi connectivity index (χ4n) is 9.89. The van der Waals surface area contributed by atoms with Crippen LogP contribution < -0.4 is 0 Å². The van der Waals surface area contributed by atoms with Gasteiger partial charge in [0.05, 0.1) is 11.5 Å². The van der Waals surface area contributed by atoms with E-state index < -0.39 is 19.1 Å². The summed E-state index contributed by atoms with van der Waals surface area (Å²) in [4.78, 5) is 14.8. The van der Waals surface area contributed by atoms with Crippen molar-refractivity contribution in [2.45, 2.75) is 97.7 Å². The molecule has 8 unspecified atom stereocenters. The molecule has 39 heavy (non-hydrogen) atoms. The lowest BCUT2D eigenvalue weighted by Gasteiger charge is -2.61. The highest BCUT2D eigenvalue weighted by Crippen LogP contribution is 2.69. The van der Waals surface area contributed by atoms with Gasteiger partial charge in [0.1, 0.15) is 5.78 Å². The van der Waals surface area contributed by atoms with Crippen molar-refractivity contribution >= 4 is 18.6 Å². The zero-order valence-electron chi connectivity index (χ0n) is 25.5. The number of benzene rings is 1. The lowest BCUT2D eigenvalue weighted by Crippen LogP contribution is -2.60. The molecule has 8 atom stereocenters. The van der Waals surface area contributed by atoms with Crippen LogP contribution in [0.4, 0.5) is 0 Å². The zero-order valence-corrected chi connectivity index (χ0v) is 26.5. The molecule has 4 bridgehead atoms. The maximum atomic E-state index is 14.8. The van der Waals surface area contributed by atoms with Gasteiger partial charge in [0.2, 0.25) is 0 Å². The van der Waals surface area contributed by atoms with E-state index in [0.717, 1.165) is 31.3 Å². The fraction of sp³-hybridized carbons (Fsp3) is 0.611. The maximum Gasteiger partial charge on any atom is 0.149 e. The average Bonchev–Trinajstić information content (AvgIpc) is 2.90. The second-order valence-corrected chi connectivity index (χ2v) is 17.3. The van der Waals surface area contributed by atoms with Gasteiger partial charge in [-0.05, 0) is 113 Å². The minimum absolute atomic E-state index is 0.0806. The van der Waals surface area contributed by atoms with Crippen LogP contribution in [0.5, 0.6) is 0 Å². The maximum absolute atomic E-state index is 14.8. The van der Waals surface area contributed by atoms with Crippen LogP contribution in [0.3, 0.4) is 0 Å². The molecule has 2 saturated carbocycles. The largest absolute Gasteiger partial charge is 0.392 e. The van der Waals surface area contributed by atoms with Crippen LogP contribution >= 0.6 is 7.55 Å². The lowest BCUT2D eigenvalue weighted by atomic mass is 9.48. The Morgan fingerprint density at radius 3 is 2.36 bits per heavy atom. The zero-order chi connectivity index (χ0) is 28.5. The predicted octanol–water partition coefficient (Wildman–Crippen LogP) is 8.47. The van der Waals surface area contributed by atoms with Crippen LogP contribution in [-0.4, -0.2) is 34.1 Å². The van der Waals surface area contributed by atoms with E-state index in [1.807, 2.05) is 0 Å². The molecule has 2 fully saturated rings. The Kier molecular flexibility index (Phi) is 7.42. The van der Waals surface area contributed by atoms with Gasteiger partial charge < -0.3 is 5.11 Å². The number of ketones is 1. The van der Waals surface area contributed by atoms with E-state index in [1.54, 1.807) is 5.29 Å². The summed E-state index contributed by atoms with van der Waals surface area (Å²) in [6.07, 6.45) is 6.15. The Morgan fingerprint density at radius 1 is 1.08 bits per heavy atom. The molecular weight excluding hydrogens is 495 g/mol. The minimum Gasteiger partial charge on any atom is -0.392 e. The topological polar surface area (TPSA) is 37.3 Å². The molecule has 1 aromatic carbocycles. The van der Waals surface area contributed by atoms with Crippen LogP contribution in [0, 0.1) is 34.5 Å². The van der Waals surface area contributed by atoms with Crippen molar-refractivity contribution < 1.29 is 9.90 Å². The molecule has 3 heteroatoms. The summed E-state index contributed by atoms with van der Waals surface area (Å²) in [6.45, 7) is 25.1. The number of rotatable bonds is 4. The first-order chi connectivity index (χ1) is 18.3. The van der Waals surface area contributed by atoms with Crippen LogP contribution in [0.15, 0.2) is 65.8 Å². The number of allylic oxidation sites excluding steroid dienone is 4. The number of hydrogen-bond acceptors (Lipinski definition) is 2. The molecular formula is C36H51O2P. The van der Waals surface area contributed by atoms with Gasteiger partial charge in [-0.3, -0.25) is 4.79 Å². The smallest absolute Gasteiger partial charge is 0.149 e. The molecule has 0 amide bonds. The molecule has 0 radical (unpaired) electrons. The highest BCUT2D eigenvalue weighted by atomic mass is 31.1. The highest BCUT2D eigenvalue weighted by molar-refractivity contribution is 7.60. The van der Waals surface area contributed by atoms with E-state index in [2.05, 4.69) is 91.7 Å². The van der Waals surface area contributed by atoms with Crippen molar-refractivity contribution in [1.82, 2.24) is 0 Å². The van der Waals surface area contributed by atoms with Crippen LogP contribution in [0.25, 0.3) is 0 Å². The van der Waals surface area contributed by atoms with Crippen molar-refractivity contribution in [1.29, 1.82) is 0 Å². The van der Waals surface area contributed by atoms with E-state index in [-0.39, 0.29) is 28.2 Å². The van der Waals surface area contributed by atoms with E-state index in [1.165, 1.54) is 28.7 Å². The van der Waals surface area contributed by atoms with Crippen molar-refractivity contribution in [2.24, 2.45) is 34.5 Å². The molecule has 0 saturated heterocycles. The number of carbonyl (C=O) groups excluding carboxylic acids is 1. The second-order valence-electron chi connectivity index (χ2n) is 14.6. The predicted molar refractivity (Wildman–Crippen MR) is 169 cm³/mol. The number of Topliss-reactive ketones (excluding diaryl/α,β-unsaturated/α-hetero) is 1. The van der Waals surface area contributed by atoms with E-state index in [0.29, 0.717) is 24.7 Å². The van der Waals surface area contributed by atoms with Gasteiger partial charge in [-0.25, -0.2) is 0 Å². The first kappa shape index (κ1) is 28.9. The number of aliphatic hydroxyl groups excluding tert-OH is 1. The third kappa shape index (κ3) is 4.26. The van der Waals surface area contributed by atoms with Crippen LogP contribution in [0.2, 0.25) is 0 Å². The van der Waals surface area contributed by atoms with Crippen molar-refractivity contribution in [3.05, 3.63) is 71.3 Å². The van der Waals surface area contributed by atoms with Gasteiger partial charge >= 0.3 is 0 Å². The number of hydrogen-bond donors (Lipinski definition) is 1. The Morgan fingerprint density at radius 2 is 1.74 bits per heavy atom. The fourth-order valence-corrected chi connectivity index (χ4v) is 14.0. The van der Waals surface area contributed by atoms with E-state index in [9.17, 15) is 9.90 Å². The third-order valence-corrected chi connectivity index (χ3v) is 16.0. The number of aliphatic hydroxyl groups is 1. The molecule has 1 aliphatic heterocycles. The van der Waals surface area contributed by atoms with Crippen molar-refractivity contribution in [2.75, 3.05) is 6.66 Å². The molecule has 212 valence electrons. The molecule has 1 heterocycles. The van der Waals surface area contributed by atoms with Gasteiger partial charge in [-0.1, -0.05) is 73.1 Å². The molecule has 1 aromatic rings. The Balaban J connectivity index is 1.90. The summed E-state index contributed by atoms with van der Waals surface area (Å²) >= 11 is 0. The number of fused-ring (bicyclic) bond motifs is 2. The average molecular weight is 547 g/mol. The molecule has 1 spiro atoms. The summed E-state index contributed by atoms with van der Waals surface area (Å²) in [5.41, 5.74) is 5.66. The quantitative estimate of drug-likeness (QED) is 0.304.